The van der Waals surface area contributed by atoms with E-state index in [9.17, 15) is 0 Å². The van der Waals surface area contributed by atoms with Crippen LogP contribution in [0.4, 0.5) is 11.5 Å². The van der Waals surface area contributed by atoms with Gasteiger partial charge in [0.2, 0.25) is 0 Å². The zero-order chi connectivity index (χ0) is 23.4. The summed E-state index contributed by atoms with van der Waals surface area (Å²) in [6.07, 6.45) is 6.84. The molecule has 170 valence electrons. The summed E-state index contributed by atoms with van der Waals surface area (Å²) in [6.45, 7) is 0.300. The van der Waals surface area contributed by atoms with Crippen LogP contribution in [0.25, 0.3) is 22.4 Å². The van der Waals surface area contributed by atoms with Gasteiger partial charge in [-0.2, -0.15) is 5.10 Å². The second-order valence-corrected chi connectivity index (χ2v) is 7.21. The fourth-order valence-corrected chi connectivity index (χ4v) is 3.32. The Balaban J connectivity index is 1.82. The highest BCUT2D eigenvalue weighted by Gasteiger charge is 2.16. The number of nitrogens with two attached hydrogens (primary N) is 2. The molecule has 0 aliphatic rings. The van der Waals surface area contributed by atoms with Gasteiger partial charge in [0, 0.05) is 48.9 Å². The van der Waals surface area contributed by atoms with Gasteiger partial charge in [-0.05, 0) is 12.1 Å². The maximum Gasteiger partial charge on any atom is 0.180 e. The summed E-state index contributed by atoms with van der Waals surface area (Å²) in [4.78, 5) is 15.9. The molecule has 0 spiro atoms. The van der Waals surface area contributed by atoms with E-state index in [0.29, 0.717) is 46.4 Å². The van der Waals surface area contributed by atoms with Crippen LogP contribution in [0.2, 0.25) is 0 Å². The van der Waals surface area contributed by atoms with Crippen LogP contribution in [0.1, 0.15) is 0 Å². The molecule has 5 N–H and O–H groups in total. The third-order valence-corrected chi connectivity index (χ3v) is 4.93. The number of benzene rings is 1. The second kappa shape index (κ2) is 9.40. The number of hydrogen-bond donors (Lipinski definition) is 3. The molecule has 33 heavy (non-hydrogen) atoms. The van der Waals surface area contributed by atoms with E-state index in [1.165, 1.54) is 6.20 Å². The molecule has 11 nitrogen and oxygen atoms in total. The highest BCUT2D eigenvalue weighted by atomic mass is 16.5. The number of nitrogens with one attached hydrogen (secondary N) is 1. The zero-order valence-electron chi connectivity index (χ0n) is 18.6. The molecule has 0 amide bonds. The van der Waals surface area contributed by atoms with Gasteiger partial charge in [-0.25, -0.2) is 9.97 Å². The molecule has 0 aliphatic heterocycles. The van der Waals surface area contributed by atoms with Crippen LogP contribution in [-0.4, -0.2) is 45.5 Å². The van der Waals surface area contributed by atoms with Gasteiger partial charge >= 0.3 is 0 Å². The highest BCUT2D eigenvalue weighted by Crippen LogP contribution is 2.33. The van der Waals surface area contributed by atoms with E-state index in [4.69, 9.17) is 31.0 Å². The number of hydrogen-bond acceptors (Lipinski definition) is 10. The first-order chi connectivity index (χ1) is 16.0. The molecule has 11 heteroatoms. The Labute approximate surface area is 190 Å². The summed E-state index contributed by atoms with van der Waals surface area (Å²) in [5.74, 6) is 7.30. The standard InChI is InChI=1S/C22H25N9O2/c1-30-12-14(9-27-30)20-11-25-19-4-5-21(29-22(19)28-20)31(13-15(23)10-26-24)16-6-17(32-2)8-18(7-16)33-3/h4-12,26H,13,23-24H2,1-3H3/b15-10-. The van der Waals surface area contributed by atoms with Crippen molar-refractivity contribution in [2.75, 3.05) is 25.7 Å². The van der Waals surface area contributed by atoms with Crippen LogP contribution >= 0.6 is 0 Å². The van der Waals surface area contributed by atoms with E-state index in [2.05, 4.69) is 15.5 Å². The number of methoxy groups -OCH3 is 2. The largest absolute Gasteiger partial charge is 0.497 e. The molecule has 0 unspecified atom stereocenters. The van der Waals surface area contributed by atoms with Crippen molar-refractivity contribution in [3.05, 3.63) is 60.8 Å². The summed E-state index contributed by atoms with van der Waals surface area (Å²) in [6, 6.07) is 9.26. The molecule has 0 saturated heterocycles. The molecule has 4 rings (SSSR count). The van der Waals surface area contributed by atoms with Gasteiger partial charge in [0.25, 0.3) is 0 Å². The first kappa shape index (κ1) is 21.8. The van der Waals surface area contributed by atoms with Crippen LogP contribution in [0, 0.1) is 0 Å². The van der Waals surface area contributed by atoms with Crippen molar-refractivity contribution in [3.63, 3.8) is 0 Å². The lowest BCUT2D eigenvalue weighted by Gasteiger charge is -2.25. The molecular weight excluding hydrogens is 422 g/mol. The molecule has 0 saturated carbocycles. The molecule has 3 aromatic heterocycles. The van der Waals surface area contributed by atoms with Crippen molar-refractivity contribution in [1.29, 1.82) is 0 Å². The second-order valence-electron chi connectivity index (χ2n) is 7.21. The number of pyridine rings is 1. The molecule has 3 heterocycles. The SMILES string of the molecule is COc1cc(OC)cc(N(C/C(N)=C/NN)c2ccc3ncc(-c4cnn(C)c4)nc3n2)c1. The van der Waals surface area contributed by atoms with Crippen LogP contribution in [-0.2, 0) is 7.05 Å². The van der Waals surface area contributed by atoms with Crippen LogP contribution in [0.3, 0.4) is 0 Å². The summed E-state index contributed by atoms with van der Waals surface area (Å²) >= 11 is 0. The topological polar surface area (TPSA) is 142 Å². The fraction of sp³-hybridized carbons (Fsp3) is 0.182. The van der Waals surface area contributed by atoms with Crippen molar-refractivity contribution in [2.24, 2.45) is 18.6 Å². The molecule has 4 aromatic rings. The molecule has 0 radical (unpaired) electrons. The minimum atomic E-state index is 0.300. The van der Waals surface area contributed by atoms with E-state index in [1.807, 2.05) is 42.4 Å². The third-order valence-electron chi connectivity index (χ3n) is 4.93. The Morgan fingerprint density at radius 3 is 2.52 bits per heavy atom. The normalized spacial score (nSPS) is 11.5. The van der Waals surface area contributed by atoms with E-state index < -0.39 is 0 Å². The average Bonchev–Trinajstić information content (AvgIpc) is 3.27. The van der Waals surface area contributed by atoms with E-state index >= 15 is 0 Å². The van der Waals surface area contributed by atoms with Gasteiger partial charge in [0.1, 0.15) is 22.8 Å². The number of ether oxygens (including phenoxy) is 2. The van der Waals surface area contributed by atoms with Gasteiger partial charge in [-0.1, -0.05) is 0 Å². The highest BCUT2D eigenvalue weighted by molar-refractivity contribution is 5.77. The zero-order valence-corrected chi connectivity index (χ0v) is 18.6. The Morgan fingerprint density at radius 1 is 1.12 bits per heavy atom. The summed E-state index contributed by atoms with van der Waals surface area (Å²) in [7, 11) is 5.04. The smallest absolute Gasteiger partial charge is 0.180 e. The van der Waals surface area contributed by atoms with Crippen molar-refractivity contribution < 1.29 is 9.47 Å². The number of fused-ring (bicyclic) bond motifs is 1. The maximum atomic E-state index is 6.17. The molecule has 1 aromatic carbocycles. The number of aromatic nitrogens is 5. The third kappa shape index (κ3) is 4.77. The van der Waals surface area contributed by atoms with Crippen molar-refractivity contribution >= 4 is 22.7 Å². The first-order valence-electron chi connectivity index (χ1n) is 10.0. The van der Waals surface area contributed by atoms with Gasteiger partial charge in [-0.3, -0.25) is 15.5 Å². The van der Waals surface area contributed by atoms with Crippen LogP contribution < -0.4 is 31.4 Å². The predicted molar refractivity (Wildman–Crippen MR) is 126 cm³/mol. The minimum Gasteiger partial charge on any atom is -0.497 e. The molecular formula is C22H25N9O2. The Bertz CT molecular complexity index is 1280. The molecule has 0 fully saturated rings. The summed E-state index contributed by atoms with van der Waals surface area (Å²) in [5.41, 5.74) is 12.6. The first-order valence-corrected chi connectivity index (χ1v) is 10.0. The Morgan fingerprint density at radius 2 is 1.88 bits per heavy atom. The lowest BCUT2D eigenvalue weighted by Crippen LogP contribution is -2.27. The van der Waals surface area contributed by atoms with Crippen LogP contribution in [0.15, 0.2) is 60.8 Å². The fourth-order valence-electron chi connectivity index (χ4n) is 3.32. The Hall–Kier alpha value is -4.38. The lowest BCUT2D eigenvalue weighted by molar-refractivity contribution is 0.394. The summed E-state index contributed by atoms with van der Waals surface area (Å²) < 4.78 is 12.6. The predicted octanol–water partition coefficient (Wildman–Crippen LogP) is 1.84. The van der Waals surface area contributed by atoms with Crippen molar-refractivity contribution in [3.8, 4) is 22.8 Å². The number of nitrogens with zero attached hydrogens (tertiary/aromatic N) is 6. The van der Waals surface area contributed by atoms with E-state index in [1.54, 1.807) is 37.4 Å². The number of anilines is 2. The van der Waals surface area contributed by atoms with Gasteiger partial charge in [-0.15, -0.1) is 0 Å². The average molecular weight is 448 g/mol. The van der Waals surface area contributed by atoms with Gasteiger partial charge < -0.3 is 25.5 Å². The minimum absolute atomic E-state index is 0.300. The van der Waals surface area contributed by atoms with Gasteiger partial charge in [0.15, 0.2) is 5.65 Å². The summed E-state index contributed by atoms with van der Waals surface area (Å²) in [5, 5.41) is 4.20. The van der Waals surface area contributed by atoms with Crippen LogP contribution in [0.5, 0.6) is 11.5 Å². The maximum absolute atomic E-state index is 6.17. The van der Waals surface area contributed by atoms with Gasteiger partial charge in [0.05, 0.1) is 44.5 Å². The molecule has 0 aliphatic carbocycles. The monoisotopic (exact) mass is 447 g/mol. The lowest BCUT2D eigenvalue weighted by atomic mass is 10.2. The quantitative estimate of drug-likeness (QED) is 0.270. The Kier molecular flexibility index (Phi) is 6.22. The van der Waals surface area contributed by atoms with E-state index in [-0.39, 0.29) is 0 Å². The van der Waals surface area contributed by atoms with Crippen molar-refractivity contribution in [1.82, 2.24) is 30.2 Å². The number of aryl methyl sites for hydroxylation is 1. The molecule has 0 bridgehead atoms. The molecule has 0 atom stereocenters. The number of hydrazine groups is 1. The van der Waals surface area contributed by atoms with Crippen molar-refractivity contribution in [2.45, 2.75) is 0 Å². The van der Waals surface area contributed by atoms with E-state index in [0.717, 1.165) is 11.3 Å². The number of rotatable bonds is 8.